The first-order valence-corrected chi connectivity index (χ1v) is 11.2. The summed E-state index contributed by atoms with van der Waals surface area (Å²) in [4.78, 5) is 42.1. The molecule has 186 valence electrons. The maximum Gasteiger partial charge on any atom is 0.323 e. The highest BCUT2D eigenvalue weighted by molar-refractivity contribution is 6.39. The molecule has 9 nitrogen and oxygen atoms in total. The minimum Gasteiger partial charge on any atom is -0.454 e. The molecule has 1 aliphatic rings. The number of ether oxygens (including phenoxy) is 1. The van der Waals surface area contributed by atoms with Crippen LogP contribution < -0.4 is 20.7 Å². The van der Waals surface area contributed by atoms with Crippen LogP contribution in [0.3, 0.4) is 0 Å². The lowest BCUT2D eigenvalue weighted by Crippen LogP contribution is -2.34. The molecule has 11 heteroatoms. The number of benzene rings is 2. The van der Waals surface area contributed by atoms with E-state index in [-0.39, 0.29) is 35.6 Å². The van der Waals surface area contributed by atoms with Crippen LogP contribution in [0.5, 0.6) is 11.5 Å². The average Bonchev–Trinajstić information content (AvgIpc) is 3.41. The fraction of sp³-hybridized carbons (Fsp3) is 0.200. The Morgan fingerprint density at radius 2 is 1.67 bits per heavy atom. The largest absolute Gasteiger partial charge is 0.454 e. The molecule has 0 radical (unpaired) electrons. The number of nitrogens with zero attached hydrogens (tertiary/aromatic N) is 2. The Morgan fingerprint density at radius 1 is 0.917 bits per heavy atom. The highest BCUT2D eigenvalue weighted by atomic mass is 19.1. The van der Waals surface area contributed by atoms with Gasteiger partial charge in [-0.05, 0) is 48.7 Å². The molecular formula is C25H23F2N5O4. The standard InChI is InChI=1S/C25H23F2N5O4/c26-17-5-3-16(4-6-17)15-29-23(33)24(34)30-18-7-8-21(20(27)13-18)36-19-9-10-28-22(14-19)31-25(35)32-11-1-2-12-32/h3-10,13-14H,1-2,11-12,15H2,(H,29,33)(H,30,34)(H,28,31,35). The molecule has 4 rings (SSSR count). The summed E-state index contributed by atoms with van der Waals surface area (Å²) >= 11 is 0. The number of pyridine rings is 1. The minimum absolute atomic E-state index is 0.0279. The fourth-order valence-corrected chi connectivity index (χ4v) is 3.49. The quantitative estimate of drug-likeness (QED) is 0.447. The Balaban J connectivity index is 1.32. The van der Waals surface area contributed by atoms with Crippen LogP contribution in [0.2, 0.25) is 0 Å². The van der Waals surface area contributed by atoms with Crippen molar-refractivity contribution in [3.05, 3.63) is 78.0 Å². The van der Waals surface area contributed by atoms with E-state index in [1.807, 2.05) is 0 Å². The van der Waals surface area contributed by atoms with Gasteiger partial charge >= 0.3 is 17.8 Å². The lowest BCUT2D eigenvalue weighted by molar-refractivity contribution is -0.136. The summed E-state index contributed by atoms with van der Waals surface area (Å²) < 4.78 is 33.1. The van der Waals surface area contributed by atoms with Crippen molar-refractivity contribution in [1.82, 2.24) is 15.2 Å². The Morgan fingerprint density at radius 3 is 2.39 bits per heavy atom. The zero-order chi connectivity index (χ0) is 25.5. The number of rotatable bonds is 6. The third kappa shape index (κ3) is 6.53. The van der Waals surface area contributed by atoms with Gasteiger partial charge in [0.05, 0.1) is 0 Å². The first kappa shape index (κ1) is 24.6. The van der Waals surface area contributed by atoms with Gasteiger partial charge in [-0.1, -0.05) is 12.1 Å². The number of anilines is 2. The summed E-state index contributed by atoms with van der Waals surface area (Å²) in [5, 5.41) is 7.40. The summed E-state index contributed by atoms with van der Waals surface area (Å²) in [7, 11) is 0. The number of carbonyl (C=O) groups excluding carboxylic acids is 3. The maximum atomic E-state index is 14.6. The van der Waals surface area contributed by atoms with Gasteiger partial charge in [-0.15, -0.1) is 0 Å². The van der Waals surface area contributed by atoms with E-state index in [4.69, 9.17) is 4.74 Å². The van der Waals surface area contributed by atoms with E-state index >= 15 is 0 Å². The van der Waals surface area contributed by atoms with Crippen molar-refractivity contribution in [2.75, 3.05) is 23.7 Å². The molecule has 0 saturated carbocycles. The molecule has 36 heavy (non-hydrogen) atoms. The van der Waals surface area contributed by atoms with Gasteiger partial charge in [0.25, 0.3) is 0 Å². The number of aromatic nitrogens is 1. The predicted octanol–water partition coefficient (Wildman–Crippen LogP) is 4.03. The van der Waals surface area contributed by atoms with Crippen LogP contribution in [-0.2, 0) is 16.1 Å². The Hall–Kier alpha value is -4.54. The van der Waals surface area contributed by atoms with Gasteiger partial charge in [0, 0.05) is 43.7 Å². The molecule has 2 heterocycles. The lowest BCUT2D eigenvalue weighted by Gasteiger charge is -2.16. The van der Waals surface area contributed by atoms with Gasteiger partial charge in [-0.3, -0.25) is 14.9 Å². The van der Waals surface area contributed by atoms with Crippen LogP contribution in [0.25, 0.3) is 0 Å². The van der Waals surface area contributed by atoms with Gasteiger partial charge in [0.15, 0.2) is 11.6 Å². The third-order valence-corrected chi connectivity index (χ3v) is 5.35. The molecule has 1 aliphatic heterocycles. The lowest BCUT2D eigenvalue weighted by atomic mass is 10.2. The zero-order valence-corrected chi connectivity index (χ0v) is 19.1. The van der Waals surface area contributed by atoms with Crippen LogP contribution in [0.15, 0.2) is 60.8 Å². The molecular weight excluding hydrogens is 472 g/mol. The van der Waals surface area contributed by atoms with Gasteiger partial charge in [-0.2, -0.15) is 0 Å². The molecule has 1 fully saturated rings. The molecule has 0 bridgehead atoms. The fourth-order valence-electron chi connectivity index (χ4n) is 3.49. The van der Waals surface area contributed by atoms with E-state index < -0.39 is 23.4 Å². The van der Waals surface area contributed by atoms with E-state index in [0.717, 1.165) is 18.9 Å². The number of hydrogen-bond acceptors (Lipinski definition) is 5. The smallest absolute Gasteiger partial charge is 0.323 e. The summed E-state index contributed by atoms with van der Waals surface area (Å²) in [5.41, 5.74) is 0.662. The van der Waals surface area contributed by atoms with E-state index in [1.54, 1.807) is 4.90 Å². The van der Waals surface area contributed by atoms with Gasteiger partial charge < -0.3 is 20.3 Å². The van der Waals surface area contributed by atoms with Crippen molar-refractivity contribution in [1.29, 1.82) is 0 Å². The molecule has 0 spiro atoms. The second-order valence-corrected chi connectivity index (χ2v) is 8.01. The van der Waals surface area contributed by atoms with E-state index in [2.05, 4.69) is 20.9 Å². The highest BCUT2D eigenvalue weighted by Gasteiger charge is 2.19. The van der Waals surface area contributed by atoms with Gasteiger partial charge in [-0.25, -0.2) is 18.6 Å². The van der Waals surface area contributed by atoms with Gasteiger partial charge in [0.2, 0.25) is 0 Å². The number of likely N-dealkylation sites (tertiary alicyclic amines) is 1. The molecule has 0 unspecified atom stereocenters. The SMILES string of the molecule is O=C(NCc1ccc(F)cc1)C(=O)Nc1ccc(Oc2ccnc(NC(=O)N3CCCC3)c2)c(F)c1. The number of nitrogens with one attached hydrogen (secondary N) is 3. The first-order valence-electron chi connectivity index (χ1n) is 11.2. The molecule has 2 aromatic carbocycles. The van der Waals surface area contributed by atoms with Crippen molar-refractivity contribution in [3.63, 3.8) is 0 Å². The second-order valence-electron chi connectivity index (χ2n) is 8.01. The molecule has 3 N–H and O–H groups in total. The molecule has 1 aromatic heterocycles. The Kier molecular flexibility index (Phi) is 7.69. The number of carbonyl (C=O) groups is 3. The van der Waals surface area contributed by atoms with E-state index in [0.29, 0.717) is 18.7 Å². The van der Waals surface area contributed by atoms with Crippen LogP contribution in [0.4, 0.5) is 25.1 Å². The molecule has 0 atom stereocenters. The number of halogens is 2. The van der Waals surface area contributed by atoms with E-state index in [9.17, 15) is 23.2 Å². The number of urea groups is 1. The van der Waals surface area contributed by atoms with E-state index in [1.165, 1.54) is 54.7 Å². The monoisotopic (exact) mass is 495 g/mol. The summed E-state index contributed by atoms with van der Waals surface area (Å²) in [6.07, 6.45) is 3.34. The van der Waals surface area contributed by atoms with Crippen molar-refractivity contribution >= 4 is 29.4 Å². The topological polar surface area (TPSA) is 113 Å². The Bertz CT molecular complexity index is 1260. The van der Waals surface area contributed by atoms with Gasteiger partial charge in [0.1, 0.15) is 17.4 Å². The van der Waals surface area contributed by atoms with Crippen LogP contribution in [0, 0.1) is 11.6 Å². The third-order valence-electron chi connectivity index (χ3n) is 5.35. The summed E-state index contributed by atoms with van der Waals surface area (Å²) in [5.74, 6) is -2.72. The Labute approximate surface area is 205 Å². The number of amides is 4. The summed E-state index contributed by atoms with van der Waals surface area (Å²) in [6, 6.07) is 11.8. The van der Waals surface area contributed by atoms with Crippen molar-refractivity contribution < 1.29 is 27.9 Å². The molecule has 1 saturated heterocycles. The van der Waals surface area contributed by atoms with Crippen molar-refractivity contribution in [2.24, 2.45) is 0 Å². The highest BCUT2D eigenvalue weighted by Crippen LogP contribution is 2.28. The minimum atomic E-state index is -0.988. The molecule has 4 amide bonds. The maximum absolute atomic E-state index is 14.6. The summed E-state index contributed by atoms with van der Waals surface area (Å²) in [6.45, 7) is 1.40. The number of hydrogen-bond donors (Lipinski definition) is 3. The van der Waals surface area contributed by atoms with Crippen molar-refractivity contribution in [3.8, 4) is 11.5 Å². The normalized spacial score (nSPS) is 12.7. The average molecular weight is 495 g/mol. The molecule has 3 aromatic rings. The van der Waals surface area contributed by atoms with Crippen LogP contribution in [0.1, 0.15) is 18.4 Å². The van der Waals surface area contributed by atoms with Crippen LogP contribution in [-0.4, -0.2) is 40.8 Å². The second kappa shape index (κ2) is 11.3. The predicted molar refractivity (Wildman–Crippen MR) is 127 cm³/mol. The van der Waals surface area contributed by atoms with Crippen LogP contribution >= 0.6 is 0 Å². The molecule has 0 aliphatic carbocycles. The first-order chi connectivity index (χ1) is 17.4. The van der Waals surface area contributed by atoms with Crippen molar-refractivity contribution in [2.45, 2.75) is 19.4 Å². The zero-order valence-electron chi connectivity index (χ0n) is 19.1.